The fourth-order valence-corrected chi connectivity index (χ4v) is 1.51. The number of nitrogens with one attached hydrogen (secondary N) is 1. The van der Waals surface area contributed by atoms with E-state index in [4.69, 9.17) is 9.84 Å². The molecule has 0 saturated heterocycles. The van der Waals surface area contributed by atoms with E-state index in [2.05, 4.69) is 24.1 Å². The average molecular weight is 238 g/mol. The van der Waals surface area contributed by atoms with Gasteiger partial charge in [-0.15, -0.1) is 0 Å². The van der Waals surface area contributed by atoms with Crippen LogP contribution in [0.5, 0.6) is 5.75 Å². The molecule has 0 aliphatic carbocycles. The summed E-state index contributed by atoms with van der Waals surface area (Å²) < 4.78 is 5.49. The molecule has 0 amide bonds. The number of nitrogens with zero attached hydrogens (tertiary/aromatic N) is 1. The minimum Gasteiger partial charge on any atom is -0.490 e. The van der Waals surface area contributed by atoms with Crippen molar-refractivity contribution >= 4 is 5.82 Å². The Labute approximate surface area is 103 Å². The quantitative estimate of drug-likeness (QED) is 0.765. The number of hydrogen-bond acceptors (Lipinski definition) is 4. The minimum atomic E-state index is 0.0375. The molecule has 4 heteroatoms. The van der Waals surface area contributed by atoms with Crippen LogP contribution in [0.1, 0.15) is 27.2 Å². The number of anilines is 1. The lowest BCUT2D eigenvalue weighted by molar-refractivity contribution is 0.220. The van der Waals surface area contributed by atoms with Crippen molar-refractivity contribution in [2.24, 2.45) is 5.41 Å². The highest BCUT2D eigenvalue weighted by molar-refractivity contribution is 5.49. The molecule has 2 N–H and O–H groups in total. The number of ether oxygens (including phenoxy) is 1. The van der Waals surface area contributed by atoms with Crippen LogP contribution in [0.15, 0.2) is 18.3 Å². The van der Waals surface area contributed by atoms with Gasteiger partial charge in [-0.25, -0.2) is 4.98 Å². The first-order valence-electron chi connectivity index (χ1n) is 6.01. The lowest BCUT2D eigenvalue weighted by atomic mass is 9.90. The van der Waals surface area contributed by atoms with Gasteiger partial charge < -0.3 is 15.2 Å². The number of aromatic nitrogens is 1. The smallest absolute Gasteiger partial charge is 0.168 e. The molecule has 0 fully saturated rings. The third kappa shape index (κ3) is 4.61. The van der Waals surface area contributed by atoms with Crippen molar-refractivity contribution in [3.05, 3.63) is 18.3 Å². The zero-order valence-corrected chi connectivity index (χ0v) is 10.9. The molecule has 0 aromatic carbocycles. The maximum absolute atomic E-state index is 8.97. The number of rotatable bonds is 7. The Morgan fingerprint density at radius 2 is 2.24 bits per heavy atom. The second kappa shape index (κ2) is 6.45. The fraction of sp³-hybridized carbons (Fsp3) is 0.615. The van der Waals surface area contributed by atoms with E-state index < -0.39 is 0 Å². The summed E-state index contributed by atoms with van der Waals surface area (Å²) in [5.74, 6) is 1.54. The molecule has 1 heterocycles. The van der Waals surface area contributed by atoms with Crippen molar-refractivity contribution in [1.29, 1.82) is 0 Å². The Bertz CT molecular complexity index is 340. The first-order chi connectivity index (χ1) is 8.09. The van der Waals surface area contributed by atoms with Crippen LogP contribution in [0.25, 0.3) is 0 Å². The lowest BCUT2D eigenvalue weighted by Gasteiger charge is -2.24. The normalized spacial score (nSPS) is 11.3. The number of aliphatic hydroxyl groups excluding tert-OH is 1. The van der Waals surface area contributed by atoms with Crippen molar-refractivity contribution in [2.75, 3.05) is 25.1 Å². The molecule has 0 atom stereocenters. The van der Waals surface area contributed by atoms with Crippen LogP contribution in [0.4, 0.5) is 5.82 Å². The highest BCUT2D eigenvalue weighted by Gasteiger charge is 2.17. The fourth-order valence-electron chi connectivity index (χ4n) is 1.51. The van der Waals surface area contributed by atoms with Gasteiger partial charge in [-0.3, -0.25) is 0 Å². The van der Waals surface area contributed by atoms with Gasteiger partial charge in [-0.05, 0) is 30.9 Å². The van der Waals surface area contributed by atoms with E-state index in [0.717, 1.165) is 24.5 Å². The van der Waals surface area contributed by atoms with Crippen LogP contribution in [-0.4, -0.2) is 29.8 Å². The largest absolute Gasteiger partial charge is 0.490 e. The predicted molar refractivity (Wildman–Crippen MR) is 69.4 cm³/mol. The van der Waals surface area contributed by atoms with Crippen LogP contribution in [0, 0.1) is 5.41 Å². The standard InChI is InChI=1S/C13H22N2O2/c1-4-17-11-6-5-8-14-12(11)15-10-13(2,3)7-9-16/h5-6,8,16H,4,7,9-10H2,1-3H3,(H,14,15). The second-order valence-corrected chi connectivity index (χ2v) is 4.77. The number of hydrogen-bond donors (Lipinski definition) is 2. The predicted octanol–water partition coefficient (Wildman–Crippen LogP) is 2.30. The van der Waals surface area contributed by atoms with Crippen LogP contribution in [-0.2, 0) is 0 Å². The Morgan fingerprint density at radius 1 is 1.47 bits per heavy atom. The number of aliphatic hydroxyl groups is 1. The second-order valence-electron chi connectivity index (χ2n) is 4.77. The van der Waals surface area contributed by atoms with Gasteiger partial charge in [0.25, 0.3) is 0 Å². The Morgan fingerprint density at radius 3 is 2.88 bits per heavy atom. The van der Waals surface area contributed by atoms with Gasteiger partial charge in [0.2, 0.25) is 0 Å². The van der Waals surface area contributed by atoms with Crippen LogP contribution in [0.3, 0.4) is 0 Å². The lowest BCUT2D eigenvalue weighted by Crippen LogP contribution is -2.24. The summed E-state index contributed by atoms with van der Waals surface area (Å²) in [5.41, 5.74) is 0.0375. The summed E-state index contributed by atoms with van der Waals surface area (Å²) in [4.78, 5) is 4.26. The molecule has 0 radical (unpaired) electrons. The maximum atomic E-state index is 8.97. The third-order valence-electron chi connectivity index (χ3n) is 2.59. The first-order valence-corrected chi connectivity index (χ1v) is 6.01. The molecular weight excluding hydrogens is 216 g/mol. The Hall–Kier alpha value is -1.29. The van der Waals surface area contributed by atoms with Gasteiger partial charge in [-0.1, -0.05) is 13.8 Å². The molecule has 1 rings (SSSR count). The van der Waals surface area contributed by atoms with Crippen molar-refractivity contribution in [3.8, 4) is 5.75 Å². The molecule has 0 aliphatic heterocycles. The highest BCUT2D eigenvalue weighted by Crippen LogP contribution is 2.24. The molecule has 17 heavy (non-hydrogen) atoms. The molecule has 96 valence electrons. The van der Waals surface area contributed by atoms with Crippen molar-refractivity contribution < 1.29 is 9.84 Å². The Balaban J connectivity index is 2.62. The molecule has 1 aromatic rings. The van der Waals surface area contributed by atoms with E-state index in [9.17, 15) is 0 Å². The summed E-state index contributed by atoms with van der Waals surface area (Å²) in [7, 11) is 0. The molecule has 1 aromatic heterocycles. The van der Waals surface area contributed by atoms with E-state index in [1.807, 2.05) is 19.1 Å². The summed E-state index contributed by atoms with van der Waals surface area (Å²) in [5, 5.41) is 12.2. The van der Waals surface area contributed by atoms with Crippen molar-refractivity contribution in [3.63, 3.8) is 0 Å². The molecule has 0 spiro atoms. The summed E-state index contributed by atoms with van der Waals surface area (Å²) >= 11 is 0. The van der Waals surface area contributed by atoms with Crippen LogP contribution < -0.4 is 10.1 Å². The van der Waals surface area contributed by atoms with E-state index >= 15 is 0 Å². The third-order valence-corrected chi connectivity index (χ3v) is 2.59. The summed E-state index contributed by atoms with van der Waals surface area (Å²) in [6, 6.07) is 3.76. The Kier molecular flexibility index (Phi) is 5.22. The van der Waals surface area contributed by atoms with Gasteiger partial charge in [-0.2, -0.15) is 0 Å². The van der Waals surface area contributed by atoms with Gasteiger partial charge in [0.05, 0.1) is 6.61 Å². The highest BCUT2D eigenvalue weighted by atomic mass is 16.5. The molecule has 0 unspecified atom stereocenters. The van der Waals surface area contributed by atoms with Gasteiger partial charge in [0.15, 0.2) is 11.6 Å². The molecule has 0 aliphatic rings. The van der Waals surface area contributed by atoms with Gasteiger partial charge in [0, 0.05) is 19.3 Å². The van der Waals surface area contributed by atoms with Crippen molar-refractivity contribution in [1.82, 2.24) is 4.98 Å². The van der Waals surface area contributed by atoms with Crippen molar-refractivity contribution in [2.45, 2.75) is 27.2 Å². The summed E-state index contributed by atoms with van der Waals surface area (Å²) in [6.07, 6.45) is 2.50. The van der Waals surface area contributed by atoms with E-state index in [1.165, 1.54) is 0 Å². The van der Waals surface area contributed by atoms with Gasteiger partial charge in [0.1, 0.15) is 0 Å². The van der Waals surface area contributed by atoms with Crippen LogP contribution in [0.2, 0.25) is 0 Å². The van der Waals surface area contributed by atoms with E-state index in [0.29, 0.717) is 6.61 Å². The molecular formula is C13H22N2O2. The zero-order chi connectivity index (χ0) is 12.7. The van der Waals surface area contributed by atoms with Gasteiger partial charge >= 0.3 is 0 Å². The minimum absolute atomic E-state index is 0.0375. The topological polar surface area (TPSA) is 54.4 Å². The summed E-state index contributed by atoms with van der Waals surface area (Å²) in [6.45, 7) is 7.76. The average Bonchev–Trinajstić information content (AvgIpc) is 2.28. The first kappa shape index (κ1) is 13.8. The molecule has 0 saturated carbocycles. The maximum Gasteiger partial charge on any atom is 0.168 e. The van der Waals surface area contributed by atoms with E-state index in [1.54, 1.807) is 6.20 Å². The zero-order valence-electron chi connectivity index (χ0n) is 10.9. The van der Waals surface area contributed by atoms with E-state index in [-0.39, 0.29) is 12.0 Å². The SMILES string of the molecule is CCOc1cccnc1NCC(C)(C)CCO. The molecule has 0 bridgehead atoms. The monoisotopic (exact) mass is 238 g/mol. The molecule has 4 nitrogen and oxygen atoms in total. The number of pyridine rings is 1. The van der Waals surface area contributed by atoms with Crippen LogP contribution >= 0.6 is 0 Å².